The van der Waals surface area contributed by atoms with Gasteiger partial charge in [0, 0.05) is 46.0 Å². The van der Waals surface area contributed by atoms with Gasteiger partial charge >= 0.3 is 5.56 Å². The van der Waals surface area contributed by atoms with Crippen LogP contribution in [0.3, 0.4) is 0 Å². The first-order valence-corrected chi connectivity index (χ1v) is 13.1. The van der Waals surface area contributed by atoms with E-state index in [4.69, 9.17) is 9.47 Å². The van der Waals surface area contributed by atoms with Crippen LogP contribution in [0.25, 0.3) is 5.69 Å². The van der Waals surface area contributed by atoms with Crippen molar-refractivity contribution in [1.82, 2.24) is 14.1 Å². The summed E-state index contributed by atoms with van der Waals surface area (Å²) >= 11 is 0. The topological polar surface area (TPSA) is 94.0 Å². The molecule has 35 heavy (non-hydrogen) atoms. The van der Waals surface area contributed by atoms with E-state index in [-0.39, 0.29) is 30.6 Å². The van der Waals surface area contributed by atoms with Crippen LogP contribution in [-0.4, -0.2) is 73.8 Å². The van der Waals surface area contributed by atoms with Crippen molar-refractivity contribution in [3.8, 4) is 11.4 Å². The van der Waals surface area contributed by atoms with Gasteiger partial charge < -0.3 is 14.4 Å². The summed E-state index contributed by atoms with van der Waals surface area (Å²) in [6.45, 7) is 5.10. The second-order valence-corrected chi connectivity index (χ2v) is 11.7. The van der Waals surface area contributed by atoms with E-state index < -0.39 is 32.5 Å². The zero-order valence-electron chi connectivity index (χ0n) is 20.0. The van der Waals surface area contributed by atoms with E-state index in [1.54, 1.807) is 21.0 Å². The molecule has 0 spiro atoms. The molecule has 4 rings (SSSR count). The van der Waals surface area contributed by atoms with Gasteiger partial charge in [0.1, 0.15) is 17.3 Å². The number of piperazine rings is 1. The van der Waals surface area contributed by atoms with Crippen LogP contribution < -0.4 is 15.2 Å². The molecule has 0 N–H and O–H groups in total. The summed E-state index contributed by atoms with van der Waals surface area (Å²) < 4.78 is 66.3. The first-order valence-electron chi connectivity index (χ1n) is 11.6. The number of sulfonamides is 1. The highest BCUT2D eigenvalue weighted by atomic mass is 32.2. The smallest absolute Gasteiger partial charge is 0.316 e. The highest BCUT2D eigenvalue weighted by Crippen LogP contribution is 2.34. The number of aromatic nitrogens is 2. The second kappa shape index (κ2) is 10.2. The fourth-order valence-corrected chi connectivity index (χ4v) is 5.67. The maximum Gasteiger partial charge on any atom is 0.316 e. The molecule has 0 unspecified atom stereocenters. The number of hydrogen-bond acceptors (Lipinski definition) is 7. The summed E-state index contributed by atoms with van der Waals surface area (Å²) in [4.78, 5) is 15.3. The van der Waals surface area contributed by atoms with Gasteiger partial charge in [-0.3, -0.25) is 4.79 Å². The Morgan fingerprint density at radius 1 is 1.09 bits per heavy atom. The van der Waals surface area contributed by atoms with Gasteiger partial charge in [0.05, 0.1) is 23.2 Å². The third kappa shape index (κ3) is 5.34. The second-order valence-electron chi connectivity index (χ2n) is 9.22. The molecule has 0 atom stereocenters. The van der Waals surface area contributed by atoms with Crippen LogP contribution in [0.15, 0.2) is 29.2 Å². The lowest BCUT2D eigenvalue weighted by molar-refractivity contribution is 0.0173. The average molecular weight is 513 g/mol. The molecule has 1 aromatic carbocycles. The van der Waals surface area contributed by atoms with Crippen LogP contribution >= 0.6 is 0 Å². The van der Waals surface area contributed by atoms with Crippen molar-refractivity contribution in [2.24, 2.45) is 5.92 Å². The molecule has 1 aliphatic carbocycles. The van der Waals surface area contributed by atoms with Gasteiger partial charge in [0.25, 0.3) is 0 Å². The molecule has 2 aromatic rings. The molecule has 0 bridgehead atoms. The van der Waals surface area contributed by atoms with E-state index in [9.17, 15) is 22.0 Å². The first kappa shape index (κ1) is 25.5. The Bertz CT molecular complexity index is 1200. The number of rotatable bonds is 8. The fourth-order valence-electron chi connectivity index (χ4n) is 4.40. The first-order chi connectivity index (χ1) is 16.6. The molecule has 1 saturated carbocycles. The SMILES string of the molecule is COCC1CC(Oc2c(N3CCN(S(=O)(=O)C(C)C)CC3)cnn(-c3cc(F)cc(F)c3)c2=O)C1. The van der Waals surface area contributed by atoms with Crippen molar-refractivity contribution in [2.75, 3.05) is 44.8 Å². The molecule has 0 amide bonds. The molecule has 2 aliphatic rings. The fraction of sp³-hybridized carbons (Fsp3) is 0.565. The van der Waals surface area contributed by atoms with Gasteiger partial charge in [-0.1, -0.05) is 0 Å². The van der Waals surface area contributed by atoms with Crippen LogP contribution in [0.1, 0.15) is 26.7 Å². The standard InChI is InChI=1S/C23H30F2N4O5S/c1-15(2)35(31,32)28-6-4-27(5-7-28)21-13-26-29(19-11-17(24)10-18(25)12-19)23(30)22(21)34-20-8-16(9-20)14-33-3/h10-13,15-16,20H,4-9,14H2,1-3H3. The van der Waals surface area contributed by atoms with Gasteiger partial charge in [-0.25, -0.2) is 17.2 Å². The summed E-state index contributed by atoms with van der Waals surface area (Å²) in [5.74, 6) is -1.29. The third-order valence-electron chi connectivity index (χ3n) is 6.42. The van der Waals surface area contributed by atoms with E-state index >= 15 is 0 Å². The maximum atomic E-state index is 13.8. The van der Waals surface area contributed by atoms with Crippen molar-refractivity contribution in [2.45, 2.75) is 38.0 Å². The Labute approximate surface area is 203 Å². The summed E-state index contributed by atoms with van der Waals surface area (Å²) in [7, 11) is -1.76. The lowest BCUT2D eigenvalue weighted by atomic mass is 9.83. The van der Waals surface area contributed by atoms with Gasteiger partial charge in [-0.15, -0.1) is 0 Å². The molecule has 192 valence electrons. The Balaban J connectivity index is 1.64. The van der Waals surface area contributed by atoms with Crippen LogP contribution in [-0.2, 0) is 14.8 Å². The Morgan fingerprint density at radius 3 is 2.29 bits per heavy atom. The summed E-state index contributed by atoms with van der Waals surface area (Å²) in [6.07, 6.45) is 2.65. The minimum atomic E-state index is -3.39. The normalized spacial score (nSPS) is 21.3. The summed E-state index contributed by atoms with van der Waals surface area (Å²) in [6, 6.07) is 2.76. The molecule has 1 saturated heterocycles. The highest BCUT2D eigenvalue weighted by Gasteiger charge is 2.35. The van der Waals surface area contributed by atoms with E-state index in [0.717, 1.165) is 22.9 Å². The Hall–Kier alpha value is -2.57. The van der Waals surface area contributed by atoms with Gasteiger partial charge in [-0.05, 0) is 44.7 Å². The molecule has 1 aliphatic heterocycles. The molecule has 12 heteroatoms. The van der Waals surface area contributed by atoms with Crippen molar-refractivity contribution in [3.63, 3.8) is 0 Å². The molecule has 1 aromatic heterocycles. The molecule has 9 nitrogen and oxygen atoms in total. The number of ether oxygens (including phenoxy) is 2. The van der Waals surface area contributed by atoms with Crippen LogP contribution in [0.4, 0.5) is 14.5 Å². The summed E-state index contributed by atoms with van der Waals surface area (Å²) in [5, 5.41) is 3.63. The van der Waals surface area contributed by atoms with Crippen molar-refractivity contribution >= 4 is 15.7 Å². The number of methoxy groups -OCH3 is 1. The monoisotopic (exact) mass is 512 g/mol. The molecule has 2 heterocycles. The zero-order valence-corrected chi connectivity index (χ0v) is 20.8. The average Bonchev–Trinajstić information content (AvgIpc) is 2.78. The molecular formula is C23H30F2N4O5S. The van der Waals surface area contributed by atoms with Crippen LogP contribution in [0, 0.1) is 17.6 Å². The van der Waals surface area contributed by atoms with Crippen molar-refractivity contribution in [3.05, 3.63) is 46.4 Å². The minimum Gasteiger partial charge on any atom is -0.483 e. The maximum absolute atomic E-state index is 13.8. The minimum absolute atomic E-state index is 0.0331. The Morgan fingerprint density at radius 2 is 1.71 bits per heavy atom. The molecular weight excluding hydrogens is 482 g/mol. The number of benzene rings is 1. The van der Waals surface area contributed by atoms with E-state index in [1.807, 2.05) is 4.90 Å². The van der Waals surface area contributed by atoms with E-state index in [2.05, 4.69) is 5.10 Å². The van der Waals surface area contributed by atoms with Crippen LogP contribution in [0.5, 0.6) is 5.75 Å². The quantitative estimate of drug-likeness (QED) is 0.535. The lowest BCUT2D eigenvalue weighted by Crippen LogP contribution is -2.51. The van der Waals surface area contributed by atoms with Gasteiger partial charge in [0.15, 0.2) is 0 Å². The Kier molecular flexibility index (Phi) is 7.43. The van der Waals surface area contributed by atoms with Gasteiger partial charge in [0.2, 0.25) is 15.8 Å². The van der Waals surface area contributed by atoms with Crippen LogP contribution in [0.2, 0.25) is 0 Å². The lowest BCUT2D eigenvalue weighted by Gasteiger charge is -2.38. The van der Waals surface area contributed by atoms with Crippen molar-refractivity contribution < 1.29 is 26.7 Å². The van der Waals surface area contributed by atoms with E-state index in [1.165, 1.54) is 10.5 Å². The third-order valence-corrected chi connectivity index (χ3v) is 8.70. The number of halogens is 2. The van der Waals surface area contributed by atoms with E-state index in [0.29, 0.717) is 44.1 Å². The summed E-state index contributed by atoms with van der Waals surface area (Å²) in [5.41, 5.74) is -0.262. The molecule has 0 radical (unpaired) electrons. The molecule has 2 fully saturated rings. The van der Waals surface area contributed by atoms with Gasteiger partial charge in [-0.2, -0.15) is 14.1 Å². The predicted octanol–water partition coefficient (Wildman–Crippen LogP) is 2.17. The number of hydrogen-bond donors (Lipinski definition) is 0. The number of nitrogens with zero attached hydrogens (tertiary/aromatic N) is 4. The highest BCUT2D eigenvalue weighted by molar-refractivity contribution is 7.89. The zero-order chi connectivity index (χ0) is 25.3. The van der Waals surface area contributed by atoms with Crippen molar-refractivity contribution in [1.29, 1.82) is 0 Å². The predicted molar refractivity (Wildman–Crippen MR) is 127 cm³/mol. The largest absolute Gasteiger partial charge is 0.483 e. The number of anilines is 1.